The molecular weight excluding hydrogens is 278 g/mol. The second-order valence-corrected chi connectivity index (χ2v) is 4.73. The van der Waals surface area contributed by atoms with E-state index in [4.69, 9.17) is 5.26 Å². The summed E-state index contributed by atoms with van der Waals surface area (Å²) in [6.45, 7) is 1.58. The summed E-state index contributed by atoms with van der Waals surface area (Å²) in [4.78, 5) is 23.2. The lowest BCUT2D eigenvalue weighted by Gasteiger charge is -2.08. The topological polar surface area (TPSA) is 82.0 Å². The average molecular weight is 293 g/mol. The van der Waals surface area contributed by atoms with Gasteiger partial charge in [0.25, 0.3) is 0 Å². The van der Waals surface area contributed by atoms with Crippen molar-refractivity contribution >= 4 is 23.1 Å². The number of amides is 1. The first kappa shape index (κ1) is 15.3. The summed E-state index contributed by atoms with van der Waals surface area (Å²) in [5.41, 5.74) is 2.47. The third kappa shape index (κ3) is 4.18. The summed E-state index contributed by atoms with van der Waals surface area (Å²) in [7, 11) is 0. The summed E-state index contributed by atoms with van der Waals surface area (Å²) in [5.74, 6) is -0.233. The van der Waals surface area contributed by atoms with Gasteiger partial charge in [0.1, 0.15) is 0 Å². The molecule has 0 saturated carbocycles. The minimum atomic E-state index is -0.210. The third-order valence-electron chi connectivity index (χ3n) is 3.02. The average Bonchev–Trinajstić information content (AvgIpc) is 2.54. The Hall–Kier alpha value is -3.13. The molecule has 0 fully saturated rings. The Balaban J connectivity index is 1.91. The van der Waals surface area contributed by atoms with E-state index in [1.165, 1.54) is 6.92 Å². The molecule has 0 bridgehead atoms. The highest BCUT2D eigenvalue weighted by molar-refractivity contribution is 5.96. The molecular formula is C17H15N3O2. The SMILES string of the molecule is CC(=O)c1cccc(NCC(=O)Nc2ccc(C#N)cc2)c1. The standard InChI is InChI=1S/C17H15N3O2/c1-12(21)14-3-2-4-16(9-14)19-11-17(22)20-15-7-5-13(10-18)6-8-15/h2-9,19H,11H2,1H3,(H,20,22). The van der Waals surface area contributed by atoms with Crippen molar-refractivity contribution in [2.45, 2.75) is 6.92 Å². The van der Waals surface area contributed by atoms with Crippen LogP contribution in [0.4, 0.5) is 11.4 Å². The quantitative estimate of drug-likeness (QED) is 0.830. The normalized spacial score (nSPS) is 9.64. The molecule has 5 nitrogen and oxygen atoms in total. The first-order valence-electron chi connectivity index (χ1n) is 6.73. The lowest BCUT2D eigenvalue weighted by atomic mass is 10.1. The molecule has 2 aromatic rings. The first-order valence-corrected chi connectivity index (χ1v) is 6.73. The van der Waals surface area contributed by atoms with Crippen LogP contribution in [-0.4, -0.2) is 18.2 Å². The van der Waals surface area contributed by atoms with Gasteiger partial charge >= 0.3 is 0 Å². The van der Waals surface area contributed by atoms with E-state index in [2.05, 4.69) is 10.6 Å². The fraction of sp³-hybridized carbons (Fsp3) is 0.118. The Kier molecular flexibility index (Phi) is 4.89. The van der Waals surface area contributed by atoms with Gasteiger partial charge in [0.05, 0.1) is 18.2 Å². The number of carbonyl (C=O) groups excluding carboxylic acids is 2. The highest BCUT2D eigenvalue weighted by atomic mass is 16.2. The van der Waals surface area contributed by atoms with Gasteiger partial charge in [0.15, 0.2) is 5.78 Å². The fourth-order valence-corrected chi connectivity index (χ4v) is 1.86. The smallest absolute Gasteiger partial charge is 0.243 e. The minimum absolute atomic E-state index is 0.0225. The molecule has 110 valence electrons. The maximum atomic E-state index is 11.9. The molecule has 0 aliphatic carbocycles. The van der Waals surface area contributed by atoms with Gasteiger partial charge in [0.2, 0.25) is 5.91 Å². The monoisotopic (exact) mass is 293 g/mol. The van der Waals surface area contributed by atoms with Crippen LogP contribution in [0.2, 0.25) is 0 Å². The van der Waals surface area contributed by atoms with Crippen LogP contribution >= 0.6 is 0 Å². The second kappa shape index (κ2) is 7.04. The van der Waals surface area contributed by atoms with Gasteiger partial charge in [-0.2, -0.15) is 5.26 Å². The van der Waals surface area contributed by atoms with Crippen molar-refractivity contribution in [1.82, 2.24) is 0 Å². The number of nitriles is 1. The van der Waals surface area contributed by atoms with Gasteiger partial charge < -0.3 is 10.6 Å². The van der Waals surface area contributed by atoms with Crippen molar-refractivity contribution < 1.29 is 9.59 Å². The summed E-state index contributed by atoms with van der Waals surface area (Å²) >= 11 is 0. The van der Waals surface area contributed by atoms with Crippen molar-refractivity contribution in [1.29, 1.82) is 5.26 Å². The highest BCUT2D eigenvalue weighted by Gasteiger charge is 2.04. The Bertz CT molecular complexity index is 730. The number of benzene rings is 2. The fourth-order valence-electron chi connectivity index (χ4n) is 1.86. The molecule has 0 radical (unpaired) electrons. The van der Waals surface area contributed by atoms with E-state index in [1.54, 1.807) is 48.5 Å². The van der Waals surface area contributed by atoms with E-state index in [0.717, 1.165) is 0 Å². The summed E-state index contributed by atoms with van der Waals surface area (Å²) in [6.07, 6.45) is 0. The van der Waals surface area contributed by atoms with Gasteiger partial charge in [-0.15, -0.1) is 0 Å². The van der Waals surface area contributed by atoms with Gasteiger partial charge in [0, 0.05) is 16.9 Å². The number of Topliss-reactive ketones (excluding diaryl/α,β-unsaturated/α-hetero) is 1. The van der Waals surface area contributed by atoms with Crippen LogP contribution in [0.25, 0.3) is 0 Å². The molecule has 0 aromatic heterocycles. The molecule has 0 unspecified atom stereocenters. The molecule has 1 amide bonds. The third-order valence-corrected chi connectivity index (χ3v) is 3.02. The van der Waals surface area contributed by atoms with E-state index in [1.807, 2.05) is 6.07 Å². The van der Waals surface area contributed by atoms with Crippen LogP contribution in [0.15, 0.2) is 48.5 Å². The van der Waals surface area contributed by atoms with Gasteiger partial charge in [-0.3, -0.25) is 9.59 Å². The Labute approximate surface area is 128 Å². The van der Waals surface area contributed by atoms with E-state index in [-0.39, 0.29) is 18.2 Å². The molecule has 5 heteroatoms. The molecule has 2 aromatic carbocycles. The number of carbonyl (C=O) groups is 2. The number of hydrogen-bond donors (Lipinski definition) is 2. The number of hydrogen-bond acceptors (Lipinski definition) is 4. The Morgan fingerprint density at radius 2 is 1.82 bits per heavy atom. The molecule has 0 heterocycles. The van der Waals surface area contributed by atoms with Crippen molar-refractivity contribution in [2.24, 2.45) is 0 Å². The first-order chi connectivity index (χ1) is 10.6. The zero-order valence-electron chi connectivity index (χ0n) is 12.1. The van der Waals surface area contributed by atoms with Crippen LogP contribution < -0.4 is 10.6 Å². The van der Waals surface area contributed by atoms with Crippen LogP contribution in [0.3, 0.4) is 0 Å². The van der Waals surface area contributed by atoms with Gasteiger partial charge in [-0.1, -0.05) is 12.1 Å². The predicted molar refractivity (Wildman–Crippen MR) is 84.7 cm³/mol. The highest BCUT2D eigenvalue weighted by Crippen LogP contribution is 2.12. The van der Waals surface area contributed by atoms with E-state index in [0.29, 0.717) is 22.5 Å². The molecule has 2 rings (SSSR count). The zero-order chi connectivity index (χ0) is 15.9. The summed E-state index contributed by atoms with van der Waals surface area (Å²) in [5, 5.41) is 14.4. The van der Waals surface area contributed by atoms with Crippen molar-refractivity contribution in [3.63, 3.8) is 0 Å². The van der Waals surface area contributed by atoms with Crippen LogP contribution in [-0.2, 0) is 4.79 Å². The summed E-state index contributed by atoms with van der Waals surface area (Å²) in [6, 6.07) is 15.6. The lowest BCUT2D eigenvalue weighted by molar-refractivity contribution is -0.114. The Morgan fingerprint density at radius 3 is 2.45 bits per heavy atom. The van der Waals surface area contributed by atoms with Crippen LogP contribution in [0.5, 0.6) is 0 Å². The van der Waals surface area contributed by atoms with Gasteiger partial charge in [-0.25, -0.2) is 0 Å². The van der Waals surface area contributed by atoms with Crippen molar-refractivity contribution in [2.75, 3.05) is 17.2 Å². The molecule has 22 heavy (non-hydrogen) atoms. The number of nitrogens with one attached hydrogen (secondary N) is 2. The maximum Gasteiger partial charge on any atom is 0.243 e. The molecule has 0 aliphatic rings. The molecule has 0 saturated heterocycles. The summed E-state index contributed by atoms with van der Waals surface area (Å²) < 4.78 is 0. The van der Waals surface area contributed by atoms with Crippen molar-refractivity contribution in [3.05, 3.63) is 59.7 Å². The maximum absolute atomic E-state index is 11.9. The second-order valence-electron chi connectivity index (χ2n) is 4.73. The number of anilines is 2. The predicted octanol–water partition coefficient (Wildman–Crippen LogP) is 2.81. The zero-order valence-corrected chi connectivity index (χ0v) is 12.1. The largest absolute Gasteiger partial charge is 0.376 e. The Morgan fingerprint density at radius 1 is 1.09 bits per heavy atom. The number of nitrogens with zero attached hydrogens (tertiary/aromatic N) is 1. The number of ketones is 1. The van der Waals surface area contributed by atoms with Gasteiger partial charge in [-0.05, 0) is 43.3 Å². The molecule has 0 atom stereocenters. The van der Waals surface area contributed by atoms with E-state index >= 15 is 0 Å². The lowest BCUT2D eigenvalue weighted by Crippen LogP contribution is -2.21. The molecule has 0 spiro atoms. The van der Waals surface area contributed by atoms with Crippen molar-refractivity contribution in [3.8, 4) is 6.07 Å². The molecule has 0 aliphatic heterocycles. The van der Waals surface area contributed by atoms with E-state index in [9.17, 15) is 9.59 Å². The van der Waals surface area contributed by atoms with Crippen LogP contribution in [0, 0.1) is 11.3 Å². The van der Waals surface area contributed by atoms with E-state index < -0.39 is 0 Å². The number of rotatable bonds is 5. The molecule has 2 N–H and O–H groups in total. The van der Waals surface area contributed by atoms with Crippen LogP contribution in [0.1, 0.15) is 22.8 Å². The minimum Gasteiger partial charge on any atom is -0.376 e.